The SMILES string of the molecule is C=C(C)CN(CC)CCNC(C)C. The Bertz CT molecular complexity index is 141. The predicted octanol–water partition coefficient (Wildman–Crippen LogP) is 1.88. The van der Waals surface area contributed by atoms with Crippen LogP contribution < -0.4 is 5.32 Å². The van der Waals surface area contributed by atoms with Gasteiger partial charge in [-0.05, 0) is 13.5 Å². The monoisotopic (exact) mass is 184 g/mol. The number of nitrogens with one attached hydrogen (secondary N) is 1. The topological polar surface area (TPSA) is 15.3 Å². The minimum absolute atomic E-state index is 0.587. The van der Waals surface area contributed by atoms with Crippen molar-refractivity contribution in [3.8, 4) is 0 Å². The van der Waals surface area contributed by atoms with Crippen LogP contribution in [0.4, 0.5) is 0 Å². The Morgan fingerprint density at radius 2 is 2.08 bits per heavy atom. The average molecular weight is 184 g/mol. The molecule has 0 unspecified atom stereocenters. The van der Waals surface area contributed by atoms with E-state index in [4.69, 9.17) is 0 Å². The van der Waals surface area contributed by atoms with Crippen LogP contribution in [-0.2, 0) is 0 Å². The van der Waals surface area contributed by atoms with Gasteiger partial charge in [0.15, 0.2) is 0 Å². The highest BCUT2D eigenvalue weighted by Gasteiger charge is 2.01. The van der Waals surface area contributed by atoms with Gasteiger partial charge in [-0.2, -0.15) is 0 Å². The molecule has 0 aromatic heterocycles. The molecule has 0 radical (unpaired) electrons. The van der Waals surface area contributed by atoms with Gasteiger partial charge in [0.1, 0.15) is 0 Å². The third-order valence-corrected chi connectivity index (χ3v) is 1.92. The first kappa shape index (κ1) is 12.7. The Balaban J connectivity index is 3.53. The molecule has 0 amide bonds. The molecule has 0 aromatic carbocycles. The summed E-state index contributed by atoms with van der Waals surface area (Å²) in [6, 6.07) is 0.587. The number of hydrogen-bond donors (Lipinski definition) is 1. The summed E-state index contributed by atoms with van der Waals surface area (Å²) in [5.74, 6) is 0. The molecular weight excluding hydrogens is 160 g/mol. The zero-order chi connectivity index (χ0) is 10.3. The molecule has 1 N–H and O–H groups in total. The quantitative estimate of drug-likeness (QED) is 0.608. The number of rotatable bonds is 7. The highest BCUT2D eigenvalue weighted by molar-refractivity contribution is 4.91. The lowest BCUT2D eigenvalue weighted by Gasteiger charge is -2.21. The van der Waals surface area contributed by atoms with Crippen molar-refractivity contribution in [2.45, 2.75) is 33.7 Å². The molecule has 2 heteroatoms. The number of nitrogens with zero attached hydrogens (tertiary/aromatic N) is 1. The molecule has 0 heterocycles. The van der Waals surface area contributed by atoms with Gasteiger partial charge in [-0.15, -0.1) is 0 Å². The smallest absolute Gasteiger partial charge is 0.0187 e. The lowest BCUT2D eigenvalue weighted by molar-refractivity contribution is 0.307. The maximum absolute atomic E-state index is 3.92. The van der Waals surface area contributed by atoms with E-state index in [1.165, 1.54) is 5.57 Å². The summed E-state index contributed by atoms with van der Waals surface area (Å²) >= 11 is 0. The molecule has 0 saturated heterocycles. The average Bonchev–Trinajstić information content (AvgIpc) is 2.01. The van der Waals surface area contributed by atoms with E-state index in [2.05, 4.69) is 44.5 Å². The van der Waals surface area contributed by atoms with E-state index in [0.717, 1.165) is 26.2 Å². The second kappa shape index (κ2) is 7.10. The largest absolute Gasteiger partial charge is 0.313 e. The molecular formula is C11H24N2. The van der Waals surface area contributed by atoms with Crippen LogP contribution in [0.2, 0.25) is 0 Å². The zero-order valence-corrected chi connectivity index (χ0v) is 9.56. The molecule has 0 saturated carbocycles. The van der Waals surface area contributed by atoms with Crippen molar-refractivity contribution >= 4 is 0 Å². The first-order valence-electron chi connectivity index (χ1n) is 5.16. The third-order valence-electron chi connectivity index (χ3n) is 1.92. The summed E-state index contributed by atoms with van der Waals surface area (Å²) in [7, 11) is 0. The van der Waals surface area contributed by atoms with Crippen LogP contribution in [0, 0.1) is 0 Å². The fraction of sp³-hybridized carbons (Fsp3) is 0.818. The fourth-order valence-corrected chi connectivity index (χ4v) is 1.24. The summed E-state index contributed by atoms with van der Waals surface area (Å²) in [6.07, 6.45) is 0. The molecule has 0 spiro atoms. The molecule has 0 bridgehead atoms. The first-order valence-corrected chi connectivity index (χ1v) is 5.16. The maximum atomic E-state index is 3.92. The van der Waals surface area contributed by atoms with Crippen molar-refractivity contribution in [2.24, 2.45) is 0 Å². The van der Waals surface area contributed by atoms with Crippen LogP contribution in [-0.4, -0.2) is 37.1 Å². The number of likely N-dealkylation sites (N-methyl/N-ethyl adjacent to an activating group) is 1. The minimum atomic E-state index is 0.587. The molecule has 0 aliphatic carbocycles. The molecule has 78 valence electrons. The van der Waals surface area contributed by atoms with Crippen LogP contribution in [0.5, 0.6) is 0 Å². The van der Waals surface area contributed by atoms with E-state index in [9.17, 15) is 0 Å². The van der Waals surface area contributed by atoms with Crippen molar-refractivity contribution in [1.29, 1.82) is 0 Å². The number of hydrogen-bond acceptors (Lipinski definition) is 2. The van der Waals surface area contributed by atoms with Crippen molar-refractivity contribution in [3.63, 3.8) is 0 Å². The summed E-state index contributed by atoms with van der Waals surface area (Å²) in [5, 5.41) is 3.41. The van der Waals surface area contributed by atoms with Gasteiger partial charge in [0.25, 0.3) is 0 Å². The molecule has 13 heavy (non-hydrogen) atoms. The second-order valence-electron chi connectivity index (χ2n) is 3.93. The van der Waals surface area contributed by atoms with Crippen LogP contribution in [0.15, 0.2) is 12.2 Å². The Hall–Kier alpha value is -0.340. The van der Waals surface area contributed by atoms with E-state index in [1.807, 2.05) is 0 Å². The van der Waals surface area contributed by atoms with E-state index in [0.29, 0.717) is 6.04 Å². The lowest BCUT2D eigenvalue weighted by Crippen LogP contribution is -2.35. The third kappa shape index (κ3) is 8.00. The minimum Gasteiger partial charge on any atom is -0.313 e. The van der Waals surface area contributed by atoms with Gasteiger partial charge < -0.3 is 5.32 Å². The van der Waals surface area contributed by atoms with Gasteiger partial charge in [0, 0.05) is 25.7 Å². The van der Waals surface area contributed by atoms with Gasteiger partial charge in [-0.3, -0.25) is 4.90 Å². The van der Waals surface area contributed by atoms with Gasteiger partial charge in [-0.1, -0.05) is 32.9 Å². The van der Waals surface area contributed by atoms with E-state index >= 15 is 0 Å². The van der Waals surface area contributed by atoms with E-state index < -0.39 is 0 Å². The van der Waals surface area contributed by atoms with Crippen molar-refractivity contribution in [2.75, 3.05) is 26.2 Å². The van der Waals surface area contributed by atoms with Crippen molar-refractivity contribution in [1.82, 2.24) is 10.2 Å². The fourth-order valence-electron chi connectivity index (χ4n) is 1.24. The summed E-state index contributed by atoms with van der Waals surface area (Å²) in [6.45, 7) is 16.9. The zero-order valence-electron chi connectivity index (χ0n) is 9.56. The normalized spacial score (nSPS) is 11.2. The highest BCUT2D eigenvalue weighted by atomic mass is 15.1. The highest BCUT2D eigenvalue weighted by Crippen LogP contribution is 1.94. The Labute approximate surface area is 83.0 Å². The molecule has 2 nitrogen and oxygen atoms in total. The van der Waals surface area contributed by atoms with Crippen LogP contribution in [0.3, 0.4) is 0 Å². The van der Waals surface area contributed by atoms with Gasteiger partial charge >= 0.3 is 0 Å². The molecule has 0 aromatic rings. The van der Waals surface area contributed by atoms with E-state index in [-0.39, 0.29) is 0 Å². The second-order valence-corrected chi connectivity index (χ2v) is 3.93. The molecule has 0 aliphatic rings. The Morgan fingerprint density at radius 3 is 2.46 bits per heavy atom. The molecule has 0 aliphatic heterocycles. The standard InChI is InChI=1S/C11H24N2/c1-6-13(9-10(2)3)8-7-12-11(4)5/h11-12H,2,6-9H2,1,3-5H3. The van der Waals surface area contributed by atoms with Crippen LogP contribution >= 0.6 is 0 Å². The first-order chi connectivity index (χ1) is 6.06. The molecule has 0 atom stereocenters. The molecule has 0 fully saturated rings. The maximum Gasteiger partial charge on any atom is 0.0187 e. The Morgan fingerprint density at radius 1 is 1.46 bits per heavy atom. The summed E-state index contributed by atoms with van der Waals surface area (Å²) in [5.41, 5.74) is 1.24. The van der Waals surface area contributed by atoms with Gasteiger partial charge in [0.05, 0.1) is 0 Å². The van der Waals surface area contributed by atoms with Crippen LogP contribution in [0.1, 0.15) is 27.7 Å². The van der Waals surface area contributed by atoms with E-state index in [1.54, 1.807) is 0 Å². The summed E-state index contributed by atoms with van der Waals surface area (Å²) in [4.78, 5) is 2.40. The van der Waals surface area contributed by atoms with Gasteiger partial charge in [-0.25, -0.2) is 0 Å². The lowest BCUT2D eigenvalue weighted by atomic mass is 10.3. The van der Waals surface area contributed by atoms with Crippen molar-refractivity contribution < 1.29 is 0 Å². The molecule has 0 rings (SSSR count). The summed E-state index contributed by atoms with van der Waals surface area (Å²) < 4.78 is 0. The van der Waals surface area contributed by atoms with Crippen molar-refractivity contribution in [3.05, 3.63) is 12.2 Å². The van der Waals surface area contributed by atoms with Gasteiger partial charge in [0.2, 0.25) is 0 Å². The van der Waals surface area contributed by atoms with Crippen LogP contribution in [0.25, 0.3) is 0 Å². The Kier molecular flexibility index (Phi) is 6.92. The predicted molar refractivity (Wildman–Crippen MR) is 60.1 cm³/mol.